The summed E-state index contributed by atoms with van der Waals surface area (Å²) in [7, 11) is -2.16. The number of aromatic nitrogens is 2. The highest BCUT2D eigenvalue weighted by Crippen LogP contribution is 2.25. The maximum Gasteiger partial charge on any atom is 0.259 e. The first kappa shape index (κ1) is 24.1. The third kappa shape index (κ3) is 5.89. The number of carbonyl (C=O) groups excluding carboxylic acids is 1. The van der Waals surface area contributed by atoms with Crippen molar-refractivity contribution in [2.75, 3.05) is 11.9 Å². The van der Waals surface area contributed by atoms with Crippen molar-refractivity contribution >= 4 is 21.6 Å². The molecule has 180 valence electrons. The number of nitrogens with zero attached hydrogens (tertiary/aromatic N) is 2. The fraction of sp³-hybridized carbons (Fsp3) is 0.333. The lowest BCUT2D eigenvalue weighted by atomic mass is 9.98. The van der Waals surface area contributed by atoms with Crippen molar-refractivity contribution in [1.82, 2.24) is 14.3 Å². The van der Waals surface area contributed by atoms with E-state index in [1.54, 1.807) is 11.6 Å². The van der Waals surface area contributed by atoms with Gasteiger partial charge in [0.1, 0.15) is 0 Å². The molecule has 0 bridgehead atoms. The quantitative estimate of drug-likeness (QED) is 0.451. The van der Waals surface area contributed by atoms with Gasteiger partial charge in [0.25, 0.3) is 10.0 Å². The molecule has 0 radical (unpaired) electrons. The average molecular weight is 485 g/mol. The van der Waals surface area contributed by atoms with Gasteiger partial charge in [0.2, 0.25) is 5.91 Å². The smallest absolute Gasteiger partial charge is 0.259 e. The molecule has 1 aliphatic heterocycles. The lowest BCUT2D eigenvalue weighted by Gasteiger charge is -2.35. The molecule has 1 amide bonds. The molecular formula is C24H28N4O5S. The molecule has 2 heterocycles. The highest BCUT2D eigenvalue weighted by atomic mass is 32.2. The number of anilines is 1. The van der Waals surface area contributed by atoms with Crippen LogP contribution in [0.4, 0.5) is 5.69 Å². The maximum atomic E-state index is 12.6. The number of aryl methyl sites for hydroxylation is 1. The monoisotopic (exact) mass is 484 g/mol. The van der Waals surface area contributed by atoms with Gasteiger partial charge in [0.05, 0.1) is 37.6 Å². The predicted molar refractivity (Wildman–Crippen MR) is 127 cm³/mol. The van der Waals surface area contributed by atoms with Gasteiger partial charge in [0, 0.05) is 18.9 Å². The Bertz CT molecular complexity index is 1210. The van der Waals surface area contributed by atoms with E-state index in [4.69, 9.17) is 4.74 Å². The van der Waals surface area contributed by atoms with E-state index < -0.39 is 28.3 Å². The summed E-state index contributed by atoms with van der Waals surface area (Å²) in [6.45, 7) is -0.367. The number of sulfonamides is 1. The van der Waals surface area contributed by atoms with Crippen molar-refractivity contribution in [2.45, 2.75) is 42.5 Å². The van der Waals surface area contributed by atoms with Crippen molar-refractivity contribution in [2.24, 2.45) is 7.05 Å². The summed E-state index contributed by atoms with van der Waals surface area (Å²) in [6, 6.07) is 16.9. The molecule has 9 nitrogen and oxygen atoms in total. The number of hydrogen-bond acceptors (Lipinski definition) is 6. The highest BCUT2D eigenvalue weighted by molar-refractivity contribution is 7.89. The Kier molecular flexibility index (Phi) is 7.42. The van der Waals surface area contributed by atoms with Crippen LogP contribution < -0.4 is 10.0 Å². The van der Waals surface area contributed by atoms with E-state index in [2.05, 4.69) is 15.0 Å². The summed E-state index contributed by atoms with van der Waals surface area (Å²) in [5.74, 6) is -0.207. The van der Waals surface area contributed by atoms with E-state index in [1.165, 1.54) is 12.5 Å². The first-order chi connectivity index (χ1) is 16.3. The minimum Gasteiger partial charge on any atom is -0.394 e. The molecule has 3 N–H and O–H groups in total. The summed E-state index contributed by atoms with van der Waals surface area (Å²) < 4.78 is 35.1. The molecule has 0 saturated carbocycles. The van der Waals surface area contributed by atoms with Gasteiger partial charge in [-0.1, -0.05) is 42.5 Å². The SMILES string of the molecule is Cn1cnc(S(=O)(=O)N[C@@H]2CC[C@H](CC(=O)Nc3ccc(-c4ccccc4)cc3)O[C@@H]2CO)c1. The fourth-order valence-corrected chi connectivity index (χ4v) is 5.28. The number of aliphatic hydroxyl groups excluding tert-OH is 1. The van der Waals surface area contributed by atoms with Gasteiger partial charge >= 0.3 is 0 Å². The van der Waals surface area contributed by atoms with Crippen molar-refractivity contribution < 1.29 is 23.1 Å². The second-order valence-electron chi connectivity index (χ2n) is 8.36. The fourth-order valence-electron chi connectivity index (χ4n) is 4.00. The van der Waals surface area contributed by atoms with Crippen LogP contribution in [-0.4, -0.2) is 53.8 Å². The summed E-state index contributed by atoms with van der Waals surface area (Å²) in [5.41, 5.74) is 2.83. The molecule has 1 aromatic heterocycles. The molecule has 3 aromatic rings. The molecule has 34 heavy (non-hydrogen) atoms. The molecule has 1 saturated heterocycles. The van der Waals surface area contributed by atoms with E-state index in [-0.39, 0.29) is 24.0 Å². The van der Waals surface area contributed by atoms with Crippen LogP contribution in [0.2, 0.25) is 0 Å². The van der Waals surface area contributed by atoms with Gasteiger partial charge in [-0.05, 0) is 36.1 Å². The van der Waals surface area contributed by atoms with Crippen LogP contribution in [0.5, 0.6) is 0 Å². The van der Waals surface area contributed by atoms with Crippen LogP contribution in [0.3, 0.4) is 0 Å². The number of nitrogens with one attached hydrogen (secondary N) is 2. The topological polar surface area (TPSA) is 123 Å². The zero-order chi connectivity index (χ0) is 24.1. The molecule has 0 unspecified atom stereocenters. The first-order valence-corrected chi connectivity index (χ1v) is 12.5. The Hall–Kier alpha value is -3.05. The van der Waals surface area contributed by atoms with Gasteiger partial charge in [-0.3, -0.25) is 4.79 Å². The van der Waals surface area contributed by atoms with E-state index >= 15 is 0 Å². The van der Waals surface area contributed by atoms with Gasteiger partial charge in [-0.15, -0.1) is 0 Å². The zero-order valence-corrected chi connectivity index (χ0v) is 19.6. The Morgan fingerprint density at radius 2 is 1.82 bits per heavy atom. The number of ether oxygens (including phenoxy) is 1. The van der Waals surface area contributed by atoms with E-state index in [0.29, 0.717) is 18.5 Å². The highest BCUT2D eigenvalue weighted by Gasteiger charge is 2.35. The zero-order valence-electron chi connectivity index (χ0n) is 18.8. The van der Waals surface area contributed by atoms with Crippen molar-refractivity contribution in [1.29, 1.82) is 0 Å². The second kappa shape index (κ2) is 10.5. The molecule has 3 atom stereocenters. The first-order valence-electron chi connectivity index (χ1n) is 11.1. The molecule has 0 aliphatic carbocycles. The van der Waals surface area contributed by atoms with E-state index in [0.717, 1.165) is 11.1 Å². The Labute approximate surface area is 198 Å². The Balaban J connectivity index is 1.31. The normalized spacial score (nSPS) is 20.7. The second-order valence-corrected chi connectivity index (χ2v) is 10.0. The molecule has 1 aliphatic rings. The average Bonchev–Trinajstić information content (AvgIpc) is 3.28. The number of hydrogen-bond donors (Lipinski definition) is 3. The van der Waals surface area contributed by atoms with Gasteiger partial charge < -0.3 is 19.7 Å². The number of aliphatic hydroxyl groups is 1. The van der Waals surface area contributed by atoms with Crippen LogP contribution >= 0.6 is 0 Å². The van der Waals surface area contributed by atoms with Gasteiger partial charge in [-0.2, -0.15) is 0 Å². The van der Waals surface area contributed by atoms with Gasteiger partial charge in [-0.25, -0.2) is 18.1 Å². The molecule has 4 rings (SSSR count). The van der Waals surface area contributed by atoms with Crippen LogP contribution in [0.1, 0.15) is 19.3 Å². The van der Waals surface area contributed by atoms with Crippen molar-refractivity contribution in [3.63, 3.8) is 0 Å². The third-order valence-corrected chi connectivity index (χ3v) is 7.12. The Morgan fingerprint density at radius 3 is 2.47 bits per heavy atom. The van der Waals surface area contributed by atoms with E-state index in [9.17, 15) is 18.3 Å². The number of carbonyl (C=O) groups is 1. The van der Waals surface area contributed by atoms with Crippen LogP contribution in [0.25, 0.3) is 11.1 Å². The van der Waals surface area contributed by atoms with Crippen molar-refractivity contribution in [3.05, 3.63) is 67.1 Å². The summed E-state index contributed by atoms with van der Waals surface area (Å²) in [6.07, 6.45) is 2.65. The molecule has 0 spiro atoms. The minimum atomic E-state index is -3.84. The Morgan fingerprint density at radius 1 is 1.12 bits per heavy atom. The lowest BCUT2D eigenvalue weighted by Crippen LogP contribution is -2.51. The molecule has 2 aromatic carbocycles. The number of rotatable bonds is 8. The van der Waals surface area contributed by atoms with E-state index in [1.807, 2.05) is 54.6 Å². The minimum absolute atomic E-state index is 0.0912. The summed E-state index contributed by atoms with van der Waals surface area (Å²) in [5, 5.41) is 12.5. The predicted octanol–water partition coefficient (Wildman–Crippen LogP) is 2.30. The summed E-state index contributed by atoms with van der Waals surface area (Å²) >= 11 is 0. The number of amides is 1. The summed E-state index contributed by atoms with van der Waals surface area (Å²) in [4.78, 5) is 16.4. The standard InChI is InChI=1S/C24H28N4O5S/c1-28-14-24(25-16-28)34(31,32)27-21-12-11-20(33-22(21)15-29)13-23(30)26-19-9-7-18(8-10-19)17-5-3-2-4-6-17/h2-10,14,16,20-22,27,29H,11-13,15H2,1H3,(H,26,30)/t20-,21-,22-/m1/s1. The van der Waals surface area contributed by atoms with Crippen LogP contribution in [-0.2, 0) is 26.6 Å². The molecule has 10 heteroatoms. The lowest BCUT2D eigenvalue weighted by molar-refractivity contribution is -0.126. The number of imidazole rings is 1. The van der Waals surface area contributed by atoms with Crippen molar-refractivity contribution in [3.8, 4) is 11.1 Å². The van der Waals surface area contributed by atoms with Crippen LogP contribution in [0, 0.1) is 0 Å². The largest absolute Gasteiger partial charge is 0.394 e. The third-order valence-electron chi connectivity index (χ3n) is 5.75. The van der Waals surface area contributed by atoms with Gasteiger partial charge in [0.15, 0.2) is 5.03 Å². The molecular weight excluding hydrogens is 456 g/mol. The molecule has 1 fully saturated rings. The maximum absolute atomic E-state index is 12.6. The number of benzene rings is 2. The van der Waals surface area contributed by atoms with Crippen LogP contribution in [0.15, 0.2) is 72.1 Å².